The summed E-state index contributed by atoms with van der Waals surface area (Å²) < 4.78 is 37.2. The average molecular weight is 194 g/mol. The Hall–Kier alpha value is -0.550. The summed E-state index contributed by atoms with van der Waals surface area (Å²) in [6.45, 7) is 4.76. The molecule has 0 bridgehead atoms. The fraction of sp³-hybridized carbons (Fsp3) is 0.750. The first-order valence-electron chi connectivity index (χ1n) is 4.18. The third-order valence-corrected chi connectivity index (χ3v) is 2.10. The van der Waals surface area contributed by atoms with Crippen LogP contribution in [0.15, 0.2) is 12.7 Å². The highest BCUT2D eigenvalue weighted by Gasteiger charge is 2.43. The van der Waals surface area contributed by atoms with Crippen LogP contribution in [0.5, 0.6) is 0 Å². The quantitative estimate of drug-likeness (QED) is 0.660. The summed E-state index contributed by atoms with van der Waals surface area (Å²) in [6, 6.07) is -1.36. The van der Waals surface area contributed by atoms with Gasteiger partial charge in [-0.3, -0.25) is 4.90 Å². The maximum absolute atomic E-state index is 12.4. The number of nitrogens with one attached hydrogen (secondary N) is 1. The molecule has 13 heavy (non-hydrogen) atoms. The van der Waals surface area contributed by atoms with Crippen molar-refractivity contribution in [2.45, 2.75) is 12.2 Å². The number of nitrogens with zero attached hydrogens (tertiary/aromatic N) is 1. The summed E-state index contributed by atoms with van der Waals surface area (Å²) >= 11 is 0. The third-order valence-electron chi connectivity index (χ3n) is 2.10. The van der Waals surface area contributed by atoms with Gasteiger partial charge in [0.2, 0.25) is 0 Å². The molecular formula is C8H13F3N2. The minimum absolute atomic E-state index is 0.0165. The van der Waals surface area contributed by atoms with Crippen molar-refractivity contribution in [2.75, 3.05) is 26.2 Å². The van der Waals surface area contributed by atoms with Gasteiger partial charge in [0.05, 0.1) is 0 Å². The molecule has 1 fully saturated rings. The van der Waals surface area contributed by atoms with Crippen LogP contribution in [0, 0.1) is 0 Å². The second kappa shape index (κ2) is 4.11. The molecule has 1 N–H and O–H groups in total. The van der Waals surface area contributed by atoms with Crippen molar-refractivity contribution in [1.82, 2.24) is 10.2 Å². The van der Waals surface area contributed by atoms with Gasteiger partial charge in [0.25, 0.3) is 0 Å². The molecule has 1 aliphatic heterocycles. The molecule has 1 rings (SSSR count). The minimum atomic E-state index is -4.14. The van der Waals surface area contributed by atoms with Crippen LogP contribution in [-0.2, 0) is 0 Å². The molecule has 0 aliphatic carbocycles. The van der Waals surface area contributed by atoms with E-state index in [1.807, 2.05) is 0 Å². The largest absolute Gasteiger partial charge is 0.405 e. The highest BCUT2D eigenvalue weighted by Crippen LogP contribution is 2.25. The van der Waals surface area contributed by atoms with Gasteiger partial charge in [-0.15, -0.1) is 6.58 Å². The molecule has 2 nitrogen and oxygen atoms in total. The number of hydrogen-bond acceptors (Lipinski definition) is 2. The Balaban J connectivity index is 2.61. The fourth-order valence-electron chi connectivity index (χ4n) is 1.45. The third kappa shape index (κ3) is 2.70. The summed E-state index contributed by atoms with van der Waals surface area (Å²) in [5.41, 5.74) is 0. The molecule has 1 atom stereocenters. The Labute approximate surface area is 75.4 Å². The van der Waals surface area contributed by atoms with E-state index in [9.17, 15) is 13.2 Å². The minimum Gasteiger partial charge on any atom is -0.314 e. The van der Waals surface area contributed by atoms with Crippen molar-refractivity contribution in [2.24, 2.45) is 0 Å². The van der Waals surface area contributed by atoms with E-state index >= 15 is 0 Å². The molecular weight excluding hydrogens is 181 g/mol. The maximum atomic E-state index is 12.4. The van der Waals surface area contributed by atoms with Crippen LogP contribution in [0.1, 0.15) is 0 Å². The van der Waals surface area contributed by atoms with Crippen molar-refractivity contribution >= 4 is 0 Å². The monoisotopic (exact) mass is 194 g/mol. The van der Waals surface area contributed by atoms with Gasteiger partial charge < -0.3 is 5.32 Å². The zero-order valence-electron chi connectivity index (χ0n) is 7.27. The summed E-state index contributed by atoms with van der Waals surface area (Å²) in [5.74, 6) is 0. The molecule has 0 aromatic heterocycles. The normalized spacial score (nSPS) is 25.9. The van der Waals surface area contributed by atoms with E-state index in [0.717, 1.165) is 0 Å². The highest BCUT2D eigenvalue weighted by molar-refractivity contribution is 4.88. The number of piperazine rings is 1. The molecule has 1 heterocycles. The first-order valence-corrected chi connectivity index (χ1v) is 4.18. The number of hydrogen-bond donors (Lipinski definition) is 1. The van der Waals surface area contributed by atoms with Crippen molar-refractivity contribution in [1.29, 1.82) is 0 Å². The Kier molecular flexibility index (Phi) is 3.33. The molecule has 0 spiro atoms. The van der Waals surface area contributed by atoms with Gasteiger partial charge >= 0.3 is 6.18 Å². The summed E-state index contributed by atoms with van der Waals surface area (Å²) in [6.07, 6.45) is -2.64. The Bertz CT molecular complexity index is 179. The van der Waals surface area contributed by atoms with Crippen LogP contribution in [0.3, 0.4) is 0 Å². The lowest BCUT2D eigenvalue weighted by Gasteiger charge is -2.36. The molecule has 76 valence electrons. The average Bonchev–Trinajstić information content (AvgIpc) is 2.04. The molecule has 0 radical (unpaired) electrons. The predicted molar refractivity (Wildman–Crippen MR) is 44.5 cm³/mol. The van der Waals surface area contributed by atoms with Gasteiger partial charge in [-0.2, -0.15) is 13.2 Å². The smallest absolute Gasteiger partial charge is 0.314 e. The van der Waals surface area contributed by atoms with Gasteiger partial charge in [-0.05, 0) is 0 Å². The van der Waals surface area contributed by atoms with Gasteiger partial charge in [0.15, 0.2) is 0 Å². The topological polar surface area (TPSA) is 15.3 Å². The van der Waals surface area contributed by atoms with Gasteiger partial charge in [-0.25, -0.2) is 0 Å². The second-order valence-electron chi connectivity index (χ2n) is 3.05. The van der Waals surface area contributed by atoms with Crippen molar-refractivity contribution in [3.63, 3.8) is 0 Å². The molecule has 5 heteroatoms. The SMILES string of the molecule is C=CCN1CCNCC1C(F)(F)F. The summed E-state index contributed by atoms with van der Waals surface area (Å²) in [5, 5.41) is 2.73. The fourth-order valence-corrected chi connectivity index (χ4v) is 1.45. The summed E-state index contributed by atoms with van der Waals surface area (Å²) in [7, 11) is 0. The van der Waals surface area contributed by atoms with Crippen molar-refractivity contribution < 1.29 is 13.2 Å². The van der Waals surface area contributed by atoms with E-state index in [0.29, 0.717) is 19.6 Å². The maximum Gasteiger partial charge on any atom is 0.405 e. The van der Waals surface area contributed by atoms with Gasteiger partial charge in [0.1, 0.15) is 6.04 Å². The van der Waals surface area contributed by atoms with Crippen molar-refractivity contribution in [3.05, 3.63) is 12.7 Å². The number of alkyl halides is 3. The lowest BCUT2D eigenvalue weighted by atomic mass is 10.2. The van der Waals surface area contributed by atoms with Crippen molar-refractivity contribution in [3.8, 4) is 0 Å². The van der Waals surface area contributed by atoms with Crippen LogP contribution in [-0.4, -0.2) is 43.3 Å². The molecule has 0 aromatic rings. The van der Waals surface area contributed by atoms with Crippen LogP contribution in [0.25, 0.3) is 0 Å². The molecule has 1 saturated heterocycles. The number of rotatable bonds is 2. The van der Waals surface area contributed by atoms with Crippen LogP contribution in [0.4, 0.5) is 13.2 Å². The van der Waals surface area contributed by atoms with E-state index in [2.05, 4.69) is 11.9 Å². The first kappa shape index (κ1) is 10.5. The van der Waals surface area contributed by atoms with Crippen LogP contribution >= 0.6 is 0 Å². The highest BCUT2D eigenvalue weighted by atomic mass is 19.4. The van der Waals surface area contributed by atoms with E-state index < -0.39 is 12.2 Å². The molecule has 0 aromatic carbocycles. The van der Waals surface area contributed by atoms with Gasteiger partial charge in [0, 0.05) is 26.2 Å². The predicted octanol–water partition coefficient (Wildman–Crippen LogP) is 1.01. The molecule has 0 saturated carbocycles. The molecule has 1 unspecified atom stereocenters. The summed E-state index contributed by atoms with van der Waals surface area (Å²) in [4.78, 5) is 1.39. The van der Waals surface area contributed by atoms with E-state index in [1.54, 1.807) is 0 Å². The standard InChI is InChI=1S/C8H13F3N2/c1-2-4-13-5-3-12-6-7(13)8(9,10)11/h2,7,12H,1,3-6H2. The van der Waals surface area contributed by atoms with E-state index in [1.165, 1.54) is 11.0 Å². The lowest BCUT2D eigenvalue weighted by Crippen LogP contribution is -2.57. The first-order chi connectivity index (χ1) is 6.05. The second-order valence-corrected chi connectivity index (χ2v) is 3.05. The zero-order valence-corrected chi connectivity index (χ0v) is 7.27. The van der Waals surface area contributed by atoms with Crippen LogP contribution in [0.2, 0.25) is 0 Å². The molecule has 1 aliphatic rings. The Morgan fingerprint density at radius 2 is 2.23 bits per heavy atom. The van der Waals surface area contributed by atoms with Crippen LogP contribution < -0.4 is 5.32 Å². The lowest BCUT2D eigenvalue weighted by molar-refractivity contribution is -0.185. The van der Waals surface area contributed by atoms with E-state index in [-0.39, 0.29) is 6.54 Å². The van der Waals surface area contributed by atoms with E-state index in [4.69, 9.17) is 0 Å². The zero-order chi connectivity index (χ0) is 9.90. The van der Waals surface area contributed by atoms with Gasteiger partial charge in [-0.1, -0.05) is 6.08 Å². The Morgan fingerprint density at radius 1 is 1.54 bits per heavy atom. The number of halogens is 3. The molecule has 0 amide bonds. The Morgan fingerprint density at radius 3 is 2.77 bits per heavy atom.